The molecule has 1 aromatic heterocycles. The van der Waals surface area contributed by atoms with Crippen LogP contribution in [-0.4, -0.2) is 29.6 Å². The fourth-order valence-corrected chi connectivity index (χ4v) is 2.45. The van der Waals surface area contributed by atoms with Crippen LogP contribution in [0.15, 0.2) is 18.3 Å². The van der Waals surface area contributed by atoms with Gasteiger partial charge >= 0.3 is 0 Å². The van der Waals surface area contributed by atoms with E-state index < -0.39 is 0 Å². The third kappa shape index (κ3) is 2.18. The number of rotatable bonds is 1. The molecule has 76 valence electrons. The Morgan fingerprint density at radius 1 is 1.36 bits per heavy atom. The average molecular weight is 212 g/mol. The van der Waals surface area contributed by atoms with Crippen LogP contribution in [0.3, 0.4) is 0 Å². The highest BCUT2D eigenvalue weighted by Crippen LogP contribution is 2.19. The van der Waals surface area contributed by atoms with Crippen LogP contribution >= 0.6 is 11.8 Å². The summed E-state index contributed by atoms with van der Waals surface area (Å²) in [7, 11) is 0. The Bertz CT molecular complexity index is 298. The maximum absolute atomic E-state index is 13.4. The lowest BCUT2D eigenvalue weighted by molar-refractivity contribution is 0.610. The van der Waals surface area contributed by atoms with E-state index in [2.05, 4.69) is 4.98 Å². The van der Waals surface area contributed by atoms with E-state index in [1.54, 1.807) is 12.3 Å². The Morgan fingerprint density at radius 3 is 3.14 bits per heavy atom. The summed E-state index contributed by atoms with van der Waals surface area (Å²) in [5.41, 5.74) is 0. The molecule has 2 rings (SSSR count). The summed E-state index contributed by atoms with van der Waals surface area (Å²) >= 11 is 1.93. The van der Waals surface area contributed by atoms with E-state index in [-0.39, 0.29) is 5.82 Å². The first kappa shape index (κ1) is 9.77. The van der Waals surface area contributed by atoms with Gasteiger partial charge in [0, 0.05) is 25.0 Å². The van der Waals surface area contributed by atoms with E-state index in [1.807, 2.05) is 16.7 Å². The van der Waals surface area contributed by atoms with Crippen LogP contribution in [0.2, 0.25) is 0 Å². The van der Waals surface area contributed by atoms with Crippen LogP contribution in [0.1, 0.15) is 6.42 Å². The maximum atomic E-state index is 13.4. The molecular weight excluding hydrogens is 199 g/mol. The summed E-state index contributed by atoms with van der Waals surface area (Å²) in [6.07, 6.45) is 2.76. The van der Waals surface area contributed by atoms with E-state index in [0.29, 0.717) is 5.82 Å². The standard InChI is InChI=1S/C10H13FN2S/c11-9-3-1-4-12-10(9)13-5-2-7-14-8-6-13/h1,3-4H,2,5-8H2. The van der Waals surface area contributed by atoms with Crippen molar-refractivity contribution in [2.45, 2.75) is 6.42 Å². The number of aromatic nitrogens is 1. The Morgan fingerprint density at radius 2 is 2.29 bits per heavy atom. The predicted octanol–water partition coefficient (Wildman–Crippen LogP) is 2.16. The lowest BCUT2D eigenvalue weighted by Gasteiger charge is -2.20. The van der Waals surface area contributed by atoms with Crippen molar-refractivity contribution in [2.75, 3.05) is 29.5 Å². The molecule has 0 unspecified atom stereocenters. The molecule has 0 N–H and O–H groups in total. The summed E-state index contributed by atoms with van der Waals surface area (Å²) in [5.74, 6) is 2.54. The minimum absolute atomic E-state index is 0.209. The van der Waals surface area contributed by atoms with Gasteiger partial charge in [0.25, 0.3) is 0 Å². The molecule has 1 aliphatic rings. The minimum Gasteiger partial charge on any atom is -0.353 e. The Kier molecular flexibility index (Phi) is 3.24. The number of halogens is 1. The molecule has 0 aliphatic carbocycles. The van der Waals surface area contributed by atoms with Gasteiger partial charge in [-0.3, -0.25) is 0 Å². The smallest absolute Gasteiger partial charge is 0.165 e. The second-order valence-electron chi connectivity index (χ2n) is 3.26. The predicted molar refractivity (Wildman–Crippen MR) is 58.4 cm³/mol. The second-order valence-corrected chi connectivity index (χ2v) is 4.49. The number of thioether (sulfide) groups is 1. The largest absolute Gasteiger partial charge is 0.353 e. The fraction of sp³-hybridized carbons (Fsp3) is 0.500. The number of hydrogen-bond acceptors (Lipinski definition) is 3. The topological polar surface area (TPSA) is 16.1 Å². The van der Waals surface area contributed by atoms with Crippen LogP contribution in [-0.2, 0) is 0 Å². The van der Waals surface area contributed by atoms with Crippen molar-refractivity contribution in [3.05, 3.63) is 24.1 Å². The highest BCUT2D eigenvalue weighted by atomic mass is 32.2. The quantitative estimate of drug-likeness (QED) is 0.709. The van der Waals surface area contributed by atoms with Crippen molar-refractivity contribution in [3.8, 4) is 0 Å². The van der Waals surface area contributed by atoms with E-state index in [0.717, 1.165) is 25.3 Å². The van der Waals surface area contributed by atoms with Gasteiger partial charge in [-0.1, -0.05) is 0 Å². The van der Waals surface area contributed by atoms with Gasteiger partial charge in [0.1, 0.15) is 0 Å². The zero-order chi connectivity index (χ0) is 9.80. The molecule has 4 heteroatoms. The van der Waals surface area contributed by atoms with Gasteiger partial charge in [0.2, 0.25) is 0 Å². The molecule has 0 atom stereocenters. The maximum Gasteiger partial charge on any atom is 0.165 e. The Hall–Kier alpha value is -0.770. The van der Waals surface area contributed by atoms with Crippen LogP contribution in [0.25, 0.3) is 0 Å². The second kappa shape index (κ2) is 4.64. The third-order valence-corrected chi connectivity index (χ3v) is 3.31. The lowest BCUT2D eigenvalue weighted by Crippen LogP contribution is -2.27. The number of anilines is 1. The van der Waals surface area contributed by atoms with Crippen LogP contribution in [0.5, 0.6) is 0 Å². The molecule has 0 amide bonds. The van der Waals surface area contributed by atoms with Gasteiger partial charge < -0.3 is 4.90 Å². The van der Waals surface area contributed by atoms with Crippen LogP contribution in [0, 0.1) is 5.82 Å². The molecule has 0 aromatic carbocycles. The summed E-state index contributed by atoms with van der Waals surface area (Å²) in [6, 6.07) is 3.10. The molecule has 0 bridgehead atoms. The monoisotopic (exact) mass is 212 g/mol. The molecule has 0 spiro atoms. The summed E-state index contributed by atoms with van der Waals surface area (Å²) in [6.45, 7) is 1.82. The molecule has 2 nitrogen and oxygen atoms in total. The highest BCUT2D eigenvalue weighted by Gasteiger charge is 2.14. The van der Waals surface area contributed by atoms with Crippen molar-refractivity contribution >= 4 is 17.6 Å². The zero-order valence-electron chi connectivity index (χ0n) is 7.95. The van der Waals surface area contributed by atoms with E-state index in [4.69, 9.17) is 0 Å². The Labute approximate surface area is 87.5 Å². The molecule has 1 saturated heterocycles. The first-order valence-electron chi connectivity index (χ1n) is 4.81. The van der Waals surface area contributed by atoms with Gasteiger partial charge in [-0.15, -0.1) is 0 Å². The van der Waals surface area contributed by atoms with Crippen molar-refractivity contribution in [3.63, 3.8) is 0 Å². The summed E-state index contributed by atoms with van der Waals surface area (Å²) in [4.78, 5) is 6.12. The first-order chi connectivity index (χ1) is 6.88. The molecule has 1 aliphatic heterocycles. The third-order valence-electron chi connectivity index (χ3n) is 2.26. The van der Waals surface area contributed by atoms with Gasteiger partial charge in [-0.2, -0.15) is 11.8 Å². The minimum atomic E-state index is -0.209. The Balaban J connectivity index is 2.16. The fourth-order valence-electron chi connectivity index (χ4n) is 1.57. The summed E-state index contributed by atoms with van der Waals surface area (Å²) < 4.78 is 13.4. The number of nitrogens with zero attached hydrogens (tertiary/aromatic N) is 2. The SMILES string of the molecule is Fc1cccnc1N1CCCSCC1. The lowest BCUT2D eigenvalue weighted by atomic mass is 10.3. The zero-order valence-corrected chi connectivity index (χ0v) is 8.76. The summed E-state index contributed by atoms with van der Waals surface area (Å²) in [5, 5.41) is 0. The van der Waals surface area contributed by atoms with Crippen LogP contribution in [0.4, 0.5) is 10.2 Å². The molecule has 0 radical (unpaired) electrons. The first-order valence-corrected chi connectivity index (χ1v) is 5.96. The van der Waals surface area contributed by atoms with Crippen molar-refractivity contribution in [2.24, 2.45) is 0 Å². The number of hydrogen-bond donors (Lipinski definition) is 0. The normalized spacial score (nSPS) is 17.9. The van der Waals surface area contributed by atoms with Crippen molar-refractivity contribution < 1.29 is 4.39 Å². The molecule has 2 heterocycles. The molecule has 1 fully saturated rings. The van der Waals surface area contributed by atoms with E-state index in [9.17, 15) is 4.39 Å². The van der Waals surface area contributed by atoms with Gasteiger partial charge in [-0.25, -0.2) is 9.37 Å². The molecule has 0 saturated carbocycles. The van der Waals surface area contributed by atoms with Gasteiger partial charge in [0.15, 0.2) is 11.6 Å². The highest BCUT2D eigenvalue weighted by molar-refractivity contribution is 7.99. The van der Waals surface area contributed by atoms with Gasteiger partial charge in [-0.05, 0) is 24.3 Å². The average Bonchev–Trinajstić information content (AvgIpc) is 2.47. The van der Waals surface area contributed by atoms with Crippen molar-refractivity contribution in [1.82, 2.24) is 4.98 Å². The van der Waals surface area contributed by atoms with Gasteiger partial charge in [0.05, 0.1) is 0 Å². The van der Waals surface area contributed by atoms with E-state index >= 15 is 0 Å². The van der Waals surface area contributed by atoms with Crippen LogP contribution < -0.4 is 4.90 Å². The van der Waals surface area contributed by atoms with Crippen molar-refractivity contribution in [1.29, 1.82) is 0 Å². The molecule has 1 aromatic rings. The number of pyridine rings is 1. The molecular formula is C10H13FN2S. The van der Waals surface area contributed by atoms with E-state index in [1.165, 1.54) is 11.8 Å². The molecule has 14 heavy (non-hydrogen) atoms.